The summed E-state index contributed by atoms with van der Waals surface area (Å²) in [5, 5.41) is 2.94. The molecule has 0 saturated heterocycles. The number of nitrogens with one attached hydrogen (secondary N) is 1. The summed E-state index contributed by atoms with van der Waals surface area (Å²) in [5.74, 6) is 4.50. The highest BCUT2D eigenvalue weighted by Gasteiger charge is 2.30. The van der Waals surface area contributed by atoms with E-state index in [4.69, 9.17) is 5.73 Å². The zero-order chi connectivity index (χ0) is 14.6. The smallest absolute Gasteiger partial charge is 0.254 e. The molecule has 1 aliphatic rings. The molecule has 0 spiro atoms. The van der Waals surface area contributed by atoms with Crippen LogP contribution in [0.4, 0.5) is 4.39 Å². The molecular formula is C16H19FN2O. The van der Waals surface area contributed by atoms with E-state index in [0.717, 1.165) is 25.7 Å². The van der Waals surface area contributed by atoms with Crippen molar-refractivity contribution < 1.29 is 9.18 Å². The lowest BCUT2D eigenvalue weighted by Gasteiger charge is -2.25. The maximum atomic E-state index is 14.0. The number of hydrogen-bond acceptors (Lipinski definition) is 2. The Morgan fingerprint density at radius 2 is 2.15 bits per heavy atom. The first-order chi connectivity index (χ1) is 9.54. The highest BCUT2D eigenvalue weighted by molar-refractivity contribution is 5.95. The minimum absolute atomic E-state index is 0.0661. The maximum absolute atomic E-state index is 14.0. The molecule has 3 nitrogen and oxygen atoms in total. The van der Waals surface area contributed by atoms with Gasteiger partial charge in [-0.3, -0.25) is 4.79 Å². The summed E-state index contributed by atoms with van der Waals surface area (Å²) in [7, 11) is 0. The quantitative estimate of drug-likeness (QED) is 0.812. The van der Waals surface area contributed by atoms with E-state index in [9.17, 15) is 9.18 Å². The van der Waals surface area contributed by atoms with E-state index in [0.29, 0.717) is 5.56 Å². The normalized spacial score (nSPS) is 16.4. The van der Waals surface area contributed by atoms with Crippen LogP contribution in [0.5, 0.6) is 0 Å². The molecule has 20 heavy (non-hydrogen) atoms. The first-order valence-electron chi connectivity index (χ1n) is 6.85. The second-order valence-electron chi connectivity index (χ2n) is 5.42. The summed E-state index contributed by atoms with van der Waals surface area (Å²) in [4.78, 5) is 12.1. The van der Waals surface area contributed by atoms with E-state index in [1.807, 2.05) is 6.92 Å². The fourth-order valence-electron chi connectivity index (χ4n) is 2.55. The number of hydrogen-bond donors (Lipinski definition) is 2. The van der Waals surface area contributed by atoms with Gasteiger partial charge >= 0.3 is 0 Å². The van der Waals surface area contributed by atoms with Gasteiger partial charge in [-0.25, -0.2) is 4.39 Å². The van der Waals surface area contributed by atoms with Gasteiger partial charge in [-0.2, -0.15) is 0 Å². The fourth-order valence-corrected chi connectivity index (χ4v) is 2.55. The number of amides is 1. The molecule has 2 rings (SSSR count). The predicted octanol–water partition coefficient (Wildman–Crippen LogP) is 2.20. The lowest BCUT2D eigenvalue weighted by Crippen LogP contribution is -2.43. The Labute approximate surface area is 118 Å². The van der Waals surface area contributed by atoms with Gasteiger partial charge in [0.2, 0.25) is 0 Å². The van der Waals surface area contributed by atoms with Crippen LogP contribution in [0.3, 0.4) is 0 Å². The first kappa shape index (κ1) is 14.5. The van der Waals surface area contributed by atoms with Crippen LogP contribution in [0.2, 0.25) is 0 Å². The van der Waals surface area contributed by atoms with E-state index in [2.05, 4.69) is 17.2 Å². The van der Waals surface area contributed by atoms with Crippen molar-refractivity contribution in [1.82, 2.24) is 5.32 Å². The number of nitrogens with two attached hydrogens (primary N) is 1. The SMILES string of the molecule is CC1(NC(=O)c2ccc(C#CCN)cc2F)CCCC1. The van der Waals surface area contributed by atoms with Gasteiger partial charge in [0.05, 0.1) is 12.1 Å². The molecule has 106 valence electrons. The van der Waals surface area contributed by atoms with Crippen molar-refractivity contribution in [3.63, 3.8) is 0 Å². The second kappa shape index (κ2) is 6.06. The third kappa shape index (κ3) is 3.37. The van der Waals surface area contributed by atoms with Gasteiger partial charge in [0.15, 0.2) is 0 Å². The Bertz CT molecular complexity index is 566. The summed E-state index contributed by atoms with van der Waals surface area (Å²) < 4.78 is 14.0. The van der Waals surface area contributed by atoms with Crippen molar-refractivity contribution >= 4 is 5.91 Å². The lowest BCUT2D eigenvalue weighted by molar-refractivity contribution is 0.0904. The van der Waals surface area contributed by atoms with E-state index >= 15 is 0 Å². The lowest BCUT2D eigenvalue weighted by atomic mass is 9.99. The Morgan fingerprint density at radius 3 is 2.75 bits per heavy atom. The van der Waals surface area contributed by atoms with Crippen LogP contribution in [-0.2, 0) is 0 Å². The van der Waals surface area contributed by atoms with Gasteiger partial charge < -0.3 is 11.1 Å². The Morgan fingerprint density at radius 1 is 1.45 bits per heavy atom. The third-order valence-corrected chi connectivity index (χ3v) is 3.67. The monoisotopic (exact) mass is 274 g/mol. The van der Waals surface area contributed by atoms with Crippen LogP contribution in [0.15, 0.2) is 18.2 Å². The molecule has 1 amide bonds. The standard InChI is InChI=1S/C16H19FN2O/c1-16(8-2-3-9-16)19-15(20)13-7-6-12(5-4-10-18)11-14(13)17/h6-7,11H,2-3,8-10,18H2,1H3,(H,19,20). The van der Waals surface area contributed by atoms with Gasteiger partial charge in [0.25, 0.3) is 5.91 Å². The number of carbonyl (C=O) groups excluding carboxylic acids is 1. The molecule has 1 aromatic rings. The van der Waals surface area contributed by atoms with Crippen LogP contribution in [-0.4, -0.2) is 18.0 Å². The predicted molar refractivity (Wildman–Crippen MR) is 76.7 cm³/mol. The van der Waals surface area contributed by atoms with Crippen molar-refractivity contribution in [1.29, 1.82) is 0 Å². The van der Waals surface area contributed by atoms with Crippen LogP contribution in [0.25, 0.3) is 0 Å². The molecule has 0 atom stereocenters. The number of halogens is 1. The largest absolute Gasteiger partial charge is 0.347 e. The topological polar surface area (TPSA) is 55.1 Å². The maximum Gasteiger partial charge on any atom is 0.254 e. The second-order valence-corrected chi connectivity index (χ2v) is 5.42. The summed E-state index contributed by atoms with van der Waals surface area (Å²) >= 11 is 0. The van der Waals surface area contributed by atoms with Crippen LogP contribution in [0, 0.1) is 17.7 Å². The molecule has 1 aromatic carbocycles. The molecule has 4 heteroatoms. The summed E-state index contributed by atoms with van der Waals surface area (Å²) in [6, 6.07) is 4.38. The van der Waals surface area contributed by atoms with Gasteiger partial charge in [0, 0.05) is 11.1 Å². The van der Waals surface area contributed by atoms with Crippen LogP contribution < -0.4 is 11.1 Å². The van der Waals surface area contributed by atoms with E-state index in [1.54, 1.807) is 6.07 Å². The van der Waals surface area contributed by atoms with Crippen molar-refractivity contribution in [2.24, 2.45) is 5.73 Å². The molecule has 3 N–H and O–H groups in total. The van der Waals surface area contributed by atoms with Crippen molar-refractivity contribution in [2.75, 3.05) is 6.54 Å². The minimum Gasteiger partial charge on any atom is -0.347 e. The van der Waals surface area contributed by atoms with Crippen molar-refractivity contribution in [2.45, 2.75) is 38.1 Å². The molecule has 1 aliphatic carbocycles. The fraction of sp³-hybridized carbons (Fsp3) is 0.438. The number of rotatable bonds is 2. The molecule has 0 unspecified atom stereocenters. The molecule has 1 saturated carbocycles. The number of benzene rings is 1. The van der Waals surface area contributed by atoms with Crippen LogP contribution >= 0.6 is 0 Å². The van der Waals surface area contributed by atoms with Gasteiger partial charge in [-0.05, 0) is 38.0 Å². The highest BCUT2D eigenvalue weighted by atomic mass is 19.1. The zero-order valence-electron chi connectivity index (χ0n) is 11.6. The number of carbonyl (C=O) groups is 1. The van der Waals surface area contributed by atoms with E-state index in [1.165, 1.54) is 12.1 Å². The van der Waals surface area contributed by atoms with Gasteiger partial charge in [-0.1, -0.05) is 24.7 Å². The average molecular weight is 274 g/mol. The first-order valence-corrected chi connectivity index (χ1v) is 6.85. The van der Waals surface area contributed by atoms with E-state index in [-0.39, 0.29) is 23.6 Å². The van der Waals surface area contributed by atoms with Gasteiger partial charge in [0.1, 0.15) is 5.82 Å². The third-order valence-electron chi connectivity index (χ3n) is 3.67. The molecular weight excluding hydrogens is 255 g/mol. The molecule has 0 radical (unpaired) electrons. The summed E-state index contributed by atoms with van der Waals surface area (Å²) in [6.45, 7) is 2.24. The molecule has 1 fully saturated rings. The zero-order valence-corrected chi connectivity index (χ0v) is 11.6. The molecule has 0 bridgehead atoms. The summed E-state index contributed by atoms with van der Waals surface area (Å²) in [6.07, 6.45) is 4.10. The molecule has 0 aromatic heterocycles. The van der Waals surface area contributed by atoms with Crippen molar-refractivity contribution in [3.8, 4) is 11.8 Å². The summed E-state index contributed by atoms with van der Waals surface area (Å²) in [5.41, 5.74) is 5.65. The highest BCUT2D eigenvalue weighted by Crippen LogP contribution is 2.29. The van der Waals surface area contributed by atoms with Gasteiger partial charge in [-0.15, -0.1) is 0 Å². The molecule has 0 aliphatic heterocycles. The Hall–Kier alpha value is -1.86. The van der Waals surface area contributed by atoms with Crippen molar-refractivity contribution in [3.05, 3.63) is 35.1 Å². The van der Waals surface area contributed by atoms with E-state index < -0.39 is 5.82 Å². The Kier molecular flexibility index (Phi) is 4.41. The minimum atomic E-state index is -0.548. The Balaban J connectivity index is 2.14. The average Bonchev–Trinajstić information content (AvgIpc) is 2.82. The molecule has 0 heterocycles. The van der Waals surface area contributed by atoms with Crippen LogP contribution in [0.1, 0.15) is 48.5 Å².